The van der Waals surface area contributed by atoms with Crippen LogP contribution in [0.5, 0.6) is 11.8 Å². The molecule has 0 aliphatic carbocycles. The maximum atomic E-state index is 17.9. The summed E-state index contributed by atoms with van der Waals surface area (Å²) in [5.74, 6) is 2.84. The molecule has 0 spiro atoms. The van der Waals surface area contributed by atoms with Crippen molar-refractivity contribution in [3.63, 3.8) is 0 Å². The number of methoxy groups -OCH3 is 1. The summed E-state index contributed by atoms with van der Waals surface area (Å²) in [6, 6.07) is 13.0. The number of benzene rings is 3. The van der Waals surface area contributed by atoms with Crippen molar-refractivity contribution in [2.24, 2.45) is 0 Å². The van der Waals surface area contributed by atoms with Crippen LogP contribution in [0.1, 0.15) is 100.0 Å². The number of rotatable bonds is 12. The number of hydrogen-bond acceptors (Lipinski definition) is 9. The monoisotopic (exact) mass is 850 g/mol. The van der Waals surface area contributed by atoms with Gasteiger partial charge in [-0.3, -0.25) is 9.80 Å². The lowest BCUT2D eigenvalue weighted by Crippen LogP contribution is -2.59. The second kappa shape index (κ2) is 17.8. The number of aromatic nitrogens is 2. The Labute approximate surface area is 362 Å². The van der Waals surface area contributed by atoms with E-state index in [-0.39, 0.29) is 46.4 Å². The standard InChI is InChI=1S/C49H64F2N6O3Si/c1-32(2)61(33(3)4,34(5)6)25-17-35-14-11-15-36-26-38(60-31-58-10)27-39(42(35)36)43-41(50)28-40-45(44(43)51)53-47(59-30-49-18-12-21-56(49)22-13-19-49)54-46(40)55-23-24-57(48(7,8)9)37(29-55)16-20-52/h11,14-15,26-28,32-34,37H,12-13,16,18-19,21-24,29-31H2,1-10H3/t37-/m0/s1. The third kappa shape index (κ3) is 8.46. The van der Waals surface area contributed by atoms with Crippen LogP contribution >= 0.6 is 0 Å². The fourth-order valence-electron chi connectivity index (χ4n) is 11.1. The lowest BCUT2D eigenvalue weighted by molar-refractivity contribution is 0.0512. The van der Waals surface area contributed by atoms with Gasteiger partial charge in [-0.2, -0.15) is 15.2 Å². The van der Waals surface area contributed by atoms with Gasteiger partial charge in [0.1, 0.15) is 37.6 Å². The molecular weight excluding hydrogens is 787 g/mol. The van der Waals surface area contributed by atoms with Gasteiger partial charge in [-0.15, -0.1) is 5.54 Å². The normalized spacial score (nSPS) is 18.6. The molecule has 61 heavy (non-hydrogen) atoms. The van der Waals surface area contributed by atoms with E-state index in [1.807, 2.05) is 29.2 Å². The van der Waals surface area contributed by atoms with E-state index < -0.39 is 19.7 Å². The minimum absolute atomic E-state index is 0.0236. The molecule has 3 fully saturated rings. The third-order valence-corrected chi connectivity index (χ3v) is 20.2. The first-order chi connectivity index (χ1) is 29.0. The lowest BCUT2D eigenvalue weighted by Gasteiger charge is -2.47. The average molecular weight is 851 g/mol. The van der Waals surface area contributed by atoms with Gasteiger partial charge in [-0.05, 0) is 106 Å². The Hall–Kier alpha value is -4.33. The number of nitrogens with zero attached hydrogens (tertiary/aromatic N) is 6. The quantitative estimate of drug-likeness (QED) is 0.0786. The van der Waals surface area contributed by atoms with Crippen LogP contribution in [0.4, 0.5) is 14.6 Å². The summed E-state index contributed by atoms with van der Waals surface area (Å²) >= 11 is 0. The molecular formula is C49H64F2N6O3Si. The van der Waals surface area contributed by atoms with Gasteiger partial charge < -0.3 is 19.1 Å². The largest absolute Gasteiger partial charge is 0.468 e. The highest BCUT2D eigenvalue weighted by Crippen LogP contribution is 2.44. The van der Waals surface area contributed by atoms with Crippen LogP contribution in [0, 0.1) is 34.4 Å². The van der Waals surface area contributed by atoms with Crippen molar-refractivity contribution < 1.29 is 23.0 Å². The second-order valence-corrected chi connectivity index (χ2v) is 25.0. The highest BCUT2D eigenvalue weighted by Gasteiger charge is 2.45. The number of anilines is 1. The molecule has 3 aliphatic rings. The first kappa shape index (κ1) is 44.7. The maximum absolute atomic E-state index is 17.9. The first-order valence-electron chi connectivity index (χ1n) is 22.2. The molecule has 4 aromatic rings. The third-order valence-electron chi connectivity index (χ3n) is 13.9. The summed E-state index contributed by atoms with van der Waals surface area (Å²) in [4.78, 5) is 16.6. The Bertz CT molecular complexity index is 2330. The smallest absolute Gasteiger partial charge is 0.319 e. The van der Waals surface area contributed by atoms with Crippen molar-refractivity contribution in [1.82, 2.24) is 19.8 Å². The molecule has 4 heterocycles. The summed E-state index contributed by atoms with van der Waals surface area (Å²) < 4.78 is 52.9. The van der Waals surface area contributed by atoms with Gasteiger partial charge >= 0.3 is 6.01 Å². The zero-order chi connectivity index (χ0) is 43.9. The molecule has 9 nitrogen and oxygen atoms in total. The average Bonchev–Trinajstić information content (AvgIpc) is 3.79. The Morgan fingerprint density at radius 1 is 0.934 bits per heavy atom. The second-order valence-electron chi connectivity index (χ2n) is 19.4. The molecule has 3 saturated heterocycles. The van der Waals surface area contributed by atoms with Gasteiger partial charge in [0.05, 0.1) is 23.6 Å². The van der Waals surface area contributed by atoms with Crippen LogP contribution in [0.3, 0.4) is 0 Å². The Balaban J connectivity index is 1.44. The number of fused-ring (bicyclic) bond motifs is 3. The van der Waals surface area contributed by atoms with Crippen LogP contribution in [0.15, 0.2) is 36.4 Å². The summed E-state index contributed by atoms with van der Waals surface area (Å²) in [6.45, 7) is 24.1. The highest BCUT2D eigenvalue weighted by atomic mass is 28.3. The Kier molecular flexibility index (Phi) is 13.0. The summed E-state index contributed by atoms with van der Waals surface area (Å²) in [7, 11) is -0.639. The van der Waals surface area contributed by atoms with Gasteiger partial charge in [0.25, 0.3) is 0 Å². The van der Waals surface area contributed by atoms with Crippen molar-refractivity contribution in [3.05, 3.63) is 53.6 Å². The summed E-state index contributed by atoms with van der Waals surface area (Å²) in [5, 5.41) is 11.5. The molecule has 0 bridgehead atoms. The molecule has 326 valence electrons. The predicted molar refractivity (Wildman–Crippen MR) is 244 cm³/mol. The van der Waals surface area contributed by atoms with Crippen LogP contribution in [-0.4, -0.2) is 98.2 Å². The summed E-state index contributed by atoms with van der Waals surface area (Å²) in [6.07, 6.45) is 4.56. The van der Waals surface area contributed by atoms with Crippen molar-refractivity contribution in [2.45, 2.75) is 128 Å². The van der Waals surface area contributed by atoms with E-state index in [1.54, 1.807) is 6.07 Å². The first-order valence-corrected chi connectivity index (χ1v) is 24.5. The van der Waals surface area contributed by atoms with Crippen molar-refractivity contribution >= 4 is 35.6 Å². The van der Waals surface area contributed by atoms with Gasteiger partial charge in [-0.1, -0.05) is 59.6 Å². The molecule has 3 aliphatic heterocycles. The molecule has 0 amide bonds. The zero-order valence-electron chi connectivity index (χ0n) is 37.9. The number of ether oxygens (including phenoxy) is 3. The maximum Gasteiger partial charge on any atom is 0.319 e. The van der Waals surface area contributed by atoms with E-state index in [0.29, 0.717) is 77.4 Å². The SMILES string of the molecule is COCOc1cc(-c2c(F)cc3c(N4CCN(C(C)(C)C)[C@@H](CC#N)C4)nc(OCC45CCCN4CCC5)nc3c2F)c2c(C#C[Si](C(C)C)(C(C)C)C(C)C)cccc2c1. The predicted octanol–water partition coefficient (Wildman–Crippen LogP) is 10.5. The molecule has 0 saturated carbocycles. The molecule has 7 rings (SSSR count). The van der Waals surface area contributed by atoms with E-state index in [4.69, 9.17) is 24.2 Å². The topological polar surface area (TPSA) is 87.0 Å². The zero-order valence-corrected chi connectivity index (χ0v) is 38.9. The van der Waals surface area contributed by atoms with E-state index in [2.05, 4.69) is 89.6 Å². The molecule has 0 unspecified atom stereocenters. The van der Waals surface area contributed by atoms with Crippen LogP contribution in [0.2, 0.25) is 16.6 Å². The highest BCUT2D eigenvalue weighted by molar-refractivity contribution is 6.90. The number of hydrogen-bond donors (Lipinski definition) is 0. The van der Waals surface area contributed by atoms with E-state index in [1.165, 1.54) is 13.2 Å². The van der Waals surface area contributed by atoms with Crippen molar-refractivity contribution in [1.29, 1.82) is 5.26 Å². The fourth-order valence-corrected chi connectivity index (χ4v) is 16.3. The van der Waals surface area contributed by atoms with E-state index in [0.717, 1.165) is 44.2 Å². The van der Waals surface area contributed by atoms with Gasteiger partial charge in [-0.25, -0.2) is 8.78 Å². The van der Waals surface area contributed by atoms with E-state index >= 15 is 8.78 Å². The molecule has 0 radical (unpaired) electrons. The van der Waals surface area contributed by atoms with Crippen LogP contribution in [-0.2, 0) is 4.74 Å². The lowest BCUT2D eigenvalue weighted by atomic mass is 9.92. The number of halogens is 2. The minimum atomic E-state index is -2.17. The van der Waals surface area contributed by atoms with Crippen LogP contribution < -0.4 is 14.4 Å². The Morgan fingerprint density at radius 2 is 1.64 bits per heavy atom. The van der Waals surface area contributed by atoms with Crippen molar-refractivity contribution in [3.8, 4) is 40.4 Å². The molecule has 0 N–H and O–H groups in total. The van der Waals surface area contributed by atoms with E-state index in [9.17, 15) is 5.26 Å². The minimum Gasteiger partial charge on any atom is -0.468 e. The Morgan fingerprint density at radius 3 is 2.28 bits per heavy atom. The fraction of sp³-hybridized carbons (Fsp3) is 0.571. The van der Waals surface area contributed by atoms with Gasteiger partial charge in [0.2, 0.25) is 0 Å². The van der Waals surface area contributed by atoms with Gasteiger partial charge in [0, 0.05) is 60.2 Å². The van der Waals surface area contributed by atoms with Crippen LogP contribution in [0.25, 0.3) is 32.8 Å². The summed E-state index contributed by atoms with van der Waals surface area (Å²) in [5.41, 5.74) is 5.55. The number of piperazine rings is 1. The molecule has 12 heteroatoms. The molecule has 1 atom stereocenters. The van der Waals surface area contributed by atoms with Crippen molar-refractivity contribution in [2.75, 3.05) is 58.1 Å². The molecule has 3 aromatic carbocycles. The molecule has 1 aromatic heterocycles. The van der Waals surface area contributed by atoms with Gasteiger partial charge in [0.15, 0.2) is 12.6 Å². The number of nitriles is 1.